The smallest absolute Gasteiger partial charge is 0.412 e. The largest absolute Gasteiger partial charge is 0.444 e. The van der Waals surface area contributed by atoms with Gasteiger partial charge in [0.2, 0.25) is 5.95 Å². The summed E-state index contributed by atoms with van der Waals surface area (Å²) in [5.74, 6) is -0.941. The van der Waals surface area contributed by atoms with Crippen LogP contribution in [0.1, 0.15) is 37.5 Å². The quantitative estimate of drug-likeness (QED) is 0.334. The molecule has 3 aromatic heterocycles. The molecule has 11 nitrogen and oxygen atoms in total. The number of hydrogen-bond donors (Lipinski definition) is 1. The molecule has 228 valence electrons. The minimum atomic E-state index is -0.798. The second kappa shape index (κ2) is 10.8. The summed E-state index contributed by atoms with van der Waals surface area (Å²) in [6.45, 7) is 10.1. The summed E-state index contributed by atoms with van der Waals surface area (Å²) in [6, 6.07) is 2.41. The SMILES string of the molecule is CC(C)(C)OC(=O)Nc1sc2c(F)cnc(-c3c4c(c5cnc(N6CC(N7CCOCC7)C6)nc5c3F)COC4)c2c1C#N. The van der Waals surface area contributed by atoms with Crippen molar-refractivity contribution in [2.24, 2.45) is 0 Å². The van der Waals surface area contributed by atoms with Gasteiger partial charge in [-0.2, -0.15) is 5.26 Å². The molecule has 14 heteroatoms. The molecule has 0 unspecified atom stereocenters. The third-order valence-corrected chi connectivity index (χ3v) is 9.14. The summed E-state index contributed by atoms with van der Waals surface area (Å²) < 4.78 is 48.5. The Morgan fingerprint density at radius 3 is 2.61 bits per heavy atom. The van der Waals surface area contributed by atoms with Crippen LogP contribution >= 0.6 is 11.3 Å². The average Bonchev–Trinajstić information content (AvgIpc) is 3.58. The summed E-state index contributed by atoms with van der Waals surface area (Å²) in [5.41, 5.74) is 0.696. The molecule has 3 aliphatic rings. The van der Waals surface area contributed by atoms with Crippen LogP contribution in [0.15, 0.2) is 12.4 Å². The normalized spacial score (nSPS) is 17.5. The molecule has 44 heavy (non-hydrogen) atoms. The number of pyridine rings is 1. The second-order valence-corrected chi connectivity index (χ2v) is 13.0. The fourth-order valence-electron chi connectivity index (χ4n) is 5.95. The Hall–Kier alpha value is -4.03. The third-order valence-electron chi connectivity index (χ3n) is 8.03. The van der Waals surface area contributed by atoms with E-state index >= 15 is 8.78 Å². The van der Waals surface area contributed by atoms with Crippen molar-refractivity contribution in [2.45, 2.75) is 45.6 Å². The van der Waals surface area contributed by atoms with Crippen LogP contribution in [0.5, 0.6) is 0 Å². The lowest BCUT2D eigenvalue weighted by Crippen LogP contribution is -2.62. The Labute approximate surface area is 255 Å². The highest BCUT2D eigenvalue weighted by Crippen LogP contribution is 2.46. The molecule has 0 bridgehead atoms. The number of aromatic nitrogens is 3. The minimum absolute atomic E-state index is 0.0388. The van der Waals surface area contributed by atoms with Crippen LogP contribution < -0.4 is 10.2 Å². The molecule has 2 saturated heterocycles. The Morgan fingerprint density at radius 2 is 1.89 bits per heavy atom. The highest BCUT2D eigenvalue weighted by molar-refractivity contribution is 7.23. The number of halogens is 2. The monoisotopic (exact) mass is 621 g/mol. The van der Waals surface area contributed by atoms with E-state index in [1.807, 2.05) is 4.90 Å². The first-order valence-electron chi connectivity index (χ1n) is 14.3. The van der Waals surface area contributed by atoms with E-state index in [-0.39, 0.29) is 50.6 Å². The molecule has 0 radical (unpaired) electrons. The molecule has 7 rings (SSSR count). The lowest BCUT2D eigenvalue weighted by molar-refractivity contribution is 0.0103. The van der Waals surface area contributed by atoms with Crippen LogP contribution in [0.25, 0.3) is 32.2 Å². The molecular weight excluding hydrogens is 592 g/mol. The van der Waals surface area contributed by atoms with Gasteiger partial charge in [-0.3, -0.25) is 15.2 Å². The number of anilines is 2. The van der Waals surface area contributed by atoms with E-state index < -0.39 is 23.3 Å². The maximum atomic E-state index is 16.7. The predicted molar refractivity (Wildman–Crippen MR) is 160 cm³/mol. The van der Waals surface area contributed by atoms with Gasteiger partial charge in [-0.25, -0.2) is 23.5 Å². The van der Waals surface area contributed by atoms with Gasteiger partial charge < -0.3 is 19.1 Å². The van der Waals surface area contributed by atoms with Gasteiger partial charge in [-0.15, -0.1) is 11.3 Å². The van der Waals surface area contributed by atoms with Crippen LogP contribution in [-0.4, -0.2) is 77.0 Å². The van der Waals surface area contributed by atoms with Crippen molar-refractivity contribution >= 4 is 49.4 Å². The van der Waals surface area contributed by atoms with E-state index in [0.717, 1.165) is 49.3 Å². The number of ether oxygens (including phenoxy) is 3. The number of carbonyl (C=O) groups excluding carboxylic acids is 1. The molecule has 1 N–H and O–H groups in total. The van der Waals surface area contributed by atoms with Crippen LogP contribution in [0.4, 0.5) is 24.5 Å². The van der Waals surface area contributed by atoms with Crippen molar-refractivity contribution < 1.29 is 27.8 Å². The van der Waals surface area contributed by atoms with Crippen molar-refractivity contribution in [3.05, 3.63) is 40.7 Å². The number of morpholine rings is 1. The van der Waals surface area contributed by atoms with Gasteiger partial charge in [-0.05, 0) is 31.9 Å². The number of amides is 1. The summed E-state index contributed by atoms with van der Waals surface area (Å²) in [6.07, 6.45) is 1.82. The molecule has 2 fully saturated rings. The van der Waals surface area contributed by atoms with Crippen molar-refractivity contribution in [2.75, 3.05) is 49.6 Å². The first kappa shape index (κ1) is 28.7. The van der Waals surface area contributed by atoms with Gasteiger partial charge in [0.15, 0.2) is 11.6 Å². The number of benzene rings is 1. The molecule has 0 aliphatic carbocycles. The van der Waals surface area contributed by atoms with Gasteiger partial charge in [0.1, 0.15) is 22.2 Å². The third kappa shape index (κ3) is 4.89. The zero-order valence-electron chi connectivity index (χ0n) is 24.4. The topological polar surface area (TPSA) is 126 Å². The van der Waals surface area contributed by atoms with Gasteiger partial charge in [0, 0.05) is 54.8 Å². The first-order valence-corrected chi connectivity index (χ1v) is 15.1. The molecule has 1 amide bonds. The van der Waals surface area contributed by atoms with E-state index in [4.69, 9.17) is 14.2 Å². The highest BCUT2D eigenvalue weighted by atomic mass is 32.1. The number of nitrogens with zero attached hydrogens (tertiary/aromatic N) is 6. The Morgan fingerprint density at radius 1 is 1.14 bits per heavy atom. The fourth-order valence-corrected chi connectivity index (χ4v) is 6.99. The summed E-state index contributed by atoms with van der Waals surface area (Å²) in [7, 11) is 0. The number of nitriles is 1. The summed E-state index contributed by atoms with van der Waals surface area (Å²) >= 11 is 0.863. The lowest BCUT2D eigenvalue weighted by atomic mass is 9.94. The number of nitrogens with one attached hydrogen (secondary N) is 1. The van der Waals surface area contributed by atoms with Crippen LogP contribution in [-0.2, 0) is 27.4 Å². The number of hydrogen-bond acceptors (Lipinski definition) is 11. The Kier molecular flexibility index (Phi) is 7.08. The molecular formula is C30H29F2N7O4S. The highest BCUT2D eigenvalue weighted by Gasteiger charge is 2.35. The van der Waals surface area contributed by atoms with Crippen LogP contribution in [0, 0.1) is 23.0 Å². The number of fused-ring (bicyclic) bond motifs is 4. The average molecular weight is 622 g/mol. The van der Waals surface area contributed by atoms with Crippen LogP contribution in [0.2, 0.25) is 0 Å². The Bertz CT molecular complexity index is 1860. The van der Waals surface area contributed by atoms with Gasteiger partial charge in [0.05, 0.1) is 48.6 Å². The van der Waals surface area contributed by atoms with Gasteiger partial charge in [-0.1, -0.05) is 0 Å². The lowest BCUT2D eigenvalue weighted by Gasteiger charge is -2.46. The molecule has 0 saturated carbocycles. The maximum absolute atomic E-state index is 16.7. The van der Waals surface area contributed by atoms with Crippen molar-refractivity contribution in [3.8, 4) is 17.3 Å². The molecule has 1 aromatic carbocycles. The Balaban J connectivity index is 1.32. The maximum Gasteiger partial charge on any atom is 0.412 e. The first-order chi connectivity index (χ1) is 21.1. The van der Waals surface area contributed by atoms with E-state index in [1.54, 1.807) is 27.0 Å². The molecule has 3 aliphatic heterocycles. The number of thiophene rings is 1. The molecule has 0 spiro atoms. The molecule has 6 heterocycles. The van der Waals surface area contributed by atoms with E-state index in [9.17, 15) is 10.1 Å². The second-order valence-electron chi connectivity index (χ2n) is 12.0. The zero-order valence-corrected chi connectivity index (χ0v) is 25.2. The minimum Gasteiger partial charge on any atom is -0.444 e. The van der Waals surface area contributed by atoms with E-state index in [0.29, 0.717) is 36.2 Å². The van der Waals surface area contributed by atoms with Gasteiger partial charge >= 0.3 is 6.09 Å². The van der Waals surface area contributed by atoms with Crippen molar-refractivity contribution in [1.29, 1.82) is 5.26 Å². The predicted octanol–water partition coefficient (Wildman–Crippen LogP) is 4.95. The standard InChI is InChI=1S/C30H29F2N7O4S/c1-30(2,3)43-29(40)37-27-16(8-33)22-25(34-10-20(31)26(22)44-27)21-19-14-42-13-18(19)17-9-35-28(36-24(17)23(21)32)39-11-15(12-39)38-4-6-41-7-5-38/h9-10,15H,4-7,11-14H2,1-3H3,(H,37,40). The van der Waals surface area contributed by atoms with Crippen molar-refractivity contribution in [3.63, 3.8) is 0 Å². The number of rotatable bonds is 4. The van der Waals surface area contributed by atoms with E-state index in [1.165, 1.54) is 0 Å². The summed E-state index contributed by atoms with van der Waals surface area (Å²) in [5, 5.41) is 13.4. The van der Waals surface area contributed by atoms with Crippen LogP contribution in [0.3, 0.4) is 0 Å². The molecule has 0 atom stereocenters. The fraction of sp³-hybridized carbons (Fsp3) is 0.433. The van der Waals surface area contributed by atoms with Crippen molar-refractivity contribution in [1.82, 2.24) is 19.9 Å². The zero-order chi connectivity index (χ0) is 30.7. The summed E-state index contributed by atoms with van der Waals surface area (Å²) in [4.78, 5) is 30.5. The van der Waals surface area contributed by atoms with Gasteiger partial charge in [0.25, 0.3) is 0 Å². The van der Waals surface area contributed by atoms with E-state index in [2.05, 4.69) is 31.2 Å². The molecule has 4 aromatic rings. The number of carbonyl (C=O) groups is 1.